The Balaban J connectivity index is 2.57. The molecule has 5 nitrogen and oxygen atoms in total. The molecular weight excluding hydrogens is 256 g/mol. The number of aliphatic carboxylic acids is 1. The van der Waals surface area contributed by atoms with Crippen molar-refractivity contribution in [1.82, 2.24) is 10.6 Å². The molecule has 5 heteroatoms. The maximum absolute atomic E-state index is 12.0. The van der Waals surface area contributed by atoms with Crippen LogP contribution in [0.4, 0.5) is 4.79 Å². The highest BCUT2D eigenvalue weighted by molar-refractivity contribution is 5.86. The minimum absolute atomic E-state index is 0.333. The van der Waals surface area contributed by atoms with Crippen molar-refractivity contribution in [2.24, 2.45) is 11.8 Å². The molecule has 2 amide bonds. The third-order valence-corrected chi connectivity index (χ3v) is 4.47. The van der Waals surface area contributed by atoms with Gasteiger partial charge in [0.25, 0.3) is 0 Å². The topological polar surface area (TPSA) is 78.4 Å². The zero-order valence-corrected chi connectivity index (χ0v) is 12.9. The molecule has 1 rings (SSSR count). The first kappa shape index (κ1) is 16.8. The molecule has 0 aromatic heterocycles. The first-order chi connectivity index (χ1) is 9.43. The monoisotopic (exact) mass is 284 g/mol. The van der Waals surface area contributed by atoms with E-state index >= 15 is 0 Å². The van der Waals surface area contributed by atoms with E-state index in [0.717, 1.165) is 25.7 Å². The average Bonchev–Trinajstić information content (AvgIpc) is 2.39. The summed E-state index contributed by atoms with van der Waals surface area (Å²) >= 11 is 0. The molecular formula is C15H28N2O3. The van der Waals surface area contributed by atoms with Crippen LogP contribution in [0.3, 0.4) is 0 Å². The molecule has 0 heterocycles. The fourth-order valence-electron chi connectivity index (χ4n) is 2.99. The van der Waals surface area contributed by atoms with Crippen molar-refractivity contribution in [3.63, 3.8) is 0 Å². The first-order valence-corrected chi connectivity index (χ1v) is 7.73. The number of carboxylic acids is 1. The smallest absolute Gasteiger partial charge is 0.329 e. The molecule has 1 fully saturated rings. The largest absolute Gasteiger partial charge is 0.480 e. The van der Waals surface area contributed by atoms with Crippen LogP contribution in [0.15, 0.2) is 0 Å². The zero-order chi connectivity index (χ0) is 15.2. The van der Waals surface area contributed by atoms with Crippen molar-refractivity contribution in [3.05, 3.63) is 0 Å². The second-order valence-electron chi connectivity index (χ2n) is 6.11. The van der Waals surface area contributed by atoms with Gasteiger partial charge < -0.3 is 15.7 Å². The lowest BCUT2D eigenvalue weighted by Gasteiger charge is -2.37. The summed E-state index contributed by atoms with van der Waals surface area (Å²) in [4.78, 5) is 23.5. The highest BCUT2D eigenvalue weighted by atomic mass is 16.4. The van der Waals surface area contributed by atoms with Gasteiger partial charge in [0.15, 0.2) is 0 Å². The molecule has 1 aliphatic rings. The number of carbonyl (C=O) groups is 2. The van der Waals surface area contributed by atoms with Gasteiger partial charge in [-0.2, -0.15) is 0 Å². The number of carboxylic acid groups (broad SMARTS) is 1. The third kappa shape index (κ3) is 4.39. The molecule has 0 spiro atoms. The van der Waals surface area contributed by atoms with Crippen LogP contribution < -0.4 is 10.6 Å². The summed E-state index contributed by atoms with van der Waals surface area (Å²) < 4.78 is 0. The number of carbonyl (C=O) groups excluding carboxylic acids is 1. The number of hydrogen-bond acceptors (Lipinski definition) is 2. The van der Waals surface area contributed by atoms with Gasteiger partial charge in [0, 0.05) is 6.54 Å². The molecule has 0 radical (unpaired) electrons. The van der Waals surface area contributed by atoms with Crippen molar-refractivity contribution >= 4 is 12.0 Å². The first-order valence-electron chi connectivity index (χ1n) is 7.73. The van der Waals surface area contributed by atoms with Crippen LogP contribution >= 0.6 is 0 Å². The summed E-state index contributed by atoms with van der Waals surface area (Å²) in [5, 5.41) is 15.0. The number of hydrogen-bond donors (Lipinski definition) is 3. The Kier molecular flexibility index (Phi) is 6.30. The van der Waals surface area contributed by atoms with Crippen molar-refractivity contribution in [2.45, 2.75) is 64.8 Å². The van der Waals surface area contributed by atoms with Crippen molar-refractivity contribution in [1.29, 1.82) is 0 Å². The number of amides is 2. The van der Waals surface area contributed by atoms with E-state index < -0.39 is 11.5 Å². The fourth-order valence-corrected chi connectivity index (χ4v) is 2.99. The Morgan fingerprint density at radius 3 is 2.50 bits per heavy atom. The van der Waals surface area contributed by atoms with Gasteiger partial charge in [0.2, 0.25) is 0 Å². The predicted molar refractivity (Wildman–Crippen MR) is 78.6 cm³/mol. The van der Waals surface area contributed by atoms with Crippen molar-refractivity contribution in [3.8, 4) is 0 Å². The lowest BCUT2D eigenvalue weighted by atomic mass is 9.76. The molecule has 0 aromatic carbocycles. The van der Waals surface area contributed by atoms with Gasteiger partial charge in [-0.15, -0.1) is 0 Å². The summed E-state index contributed by atoms with van der Waals surface area (Å²) in [5.74, 6) is -0.132. The Morgan fingerprint density at radius 2 is 2.00 bits per heavy atom. The lowest BCUT2D eigenvalue weighted by Crippen LogP contribution is -2.59. The molecule has 116 valence electrons. The summed E-state index contributed by atoms with van der Waals surface area (Å²) in [6.07, 6.45) is 4.94. The van der Waals surface area contributed by atoms with Crippen LogP contribution in [-0.4, -0.2) is 29.2 Å². The third-order valence-electron chi connectivity index (χ3n) is 4.47. The number of urea groups is 1. The fraction of sp³-hybridized carbons (Fsp3) is 0.867. The molecule has 3 N–H and O–H groups in total. The van der Waals surface area contributed by atoms with Gasteiger partial charge in [0.1, 0.15) is 5.54 Å². The summed E-state index contributed by atoms with van der Waals surface area (Å²) in [5.41, 5.74) is -1.09. The van der Waals surface area contributed by atoms with Crippen LogP contribution in [0.2, 0.25) is 0 Å². The van der Waals surface area contributed by atoms with E-state index in [1.54, 1.807) is 0 Å². The molecule has 0 bridgehead atoms. The SMILES string of the molecule is CCC(CC)CNC(=O)NC1(C(=O)O)CCCC(C)C1. The molecule has 0 aromatic rings. The van der Waals surface area contributed by atoms with Gasteiger partial charge in [-0.1, -0.05) is 46.5 Å². The van der Waals surface area contributed by atoms with E-state index in [2.05, 4.69) is 24.5 Å². The lowest BCUT2D eigenvalue weighted by molar-refractivity contribution is -0.146. The van der Waals surface area contributed by atoms with Gasteiger partial charge in [-0.25, -0.2) is 9.59 Å². The van der Waals surface area contributed by atoms with Crippen LogP contribution in [-0.2, 0) is 4.79 Å². The minimum Gasteiger partial charge on any atom is -0.480 e. The van der Waals surface area contributed by atoms with E-state index in [4.69, 9.17) is 0 Å². The minimum atomic E-state index is -1.09. The standard InChI is InChI=1S/C15H28N2O3/c1-4-12(5-2)10-16-14(20)17-15(13(18)19)8-6-7-11(3)9-15/h11-12H,4-10H2,1-3H3,(H,18,19)(H2,16,17,20). The predicted octanol–water partition coefficient (Wildman–Crippen LogP) is 2.76. The molecule has 1 saturated carbocycles. The van der Waals surface area contributed by atoms with E-state index in [9.17, 15) is 14.7 Å². The summed E-state index contributed by atoms with van der Waals surface area (Å²) in [6, 6.07) is -0.353. The van der Waals surface area contributed by atoms with Gasteiger partial charge >= 0.3 is 12.0 Å². The van der Waals surface area contributed by atoms with Crippen LogP contribution in [0, 0.1) is 11.8 Å². The van der Waals surface area contributed by atoms with Gasteiger partial charge in [-0.3, -0.25) is 0 Å². The quantitative estimate of drug-likeness (QED) is 0.701. The molecule has 20 heavy (non-hydrogen) atoms. The Labute approximate surface area is 121 Å². The molecule has 0 aliphatic heterocycles. The van der Waals surface area contributed by atoms with E-state index in [0.29, 0.717) is 31.2 Å². The summed E-state index contributed by atoms with van der Waals surface area (Å²) in [6.45, 7) is 6.83. The second kappa shape index (κ2) is 7.50. The number of nitrogens with one attached hydrogen (secondary N) is 2. The maximum atomic E-state index is 12.0. The molecule has 0 saturated heterocycles. The maximum Gasteiger partial charge on any atom is 0.329 e. The Morgan fingerprint density at radius 1 is 1.35 bits per heavy atom. The van der Waals surface area contributed by atoms with Gasteiger partial charge in [-0.05, 0) is 24.7 Å². The van der Waals surface area contributed by atoms with E-state index in [1.807, 2.05) is 6.92 Å². The van der Waals surface area contributed by atoms with Crippen LogP contribution in [0.25, 0.3) is 0 Å². The van der Waals surface area contributed by atoms with Gasteiger partial charge in [0.05, 0.1) is 0 Å². The molecule has 2 unspecified atom stereocenters. The van der Waals surface area contributed by atoms with E-state index in [1.165, 1.54) is 0 Å². The Bertz CT molecular complexity index is 342. The highest BCUT2D eigenvalue weighted by Crippen LogP contribution is 2.32. The Hall–Kier alpha value is -1.26. The molecule has 1 aliphatic carbocycles. The average molecular weight is 284 g/mol. The summed E-state index contributed by atoms with van der Waals surface area (Å²) in [7, 11) is 0. The van der Waals surface area contributed by atoms with E-state index in [-0.39, 0.29) is 6.03 Å². The highest BCUT2D eigenvalue weighted by Gasteiger charge is 2.43. The zero-order valence-electron chi connectivity index (χ0n) is 12.9. The van der Waals surface area contributed by atoms with Crippen LogP contribution in [0.1, 0.15) is 59.3 Å². The van der Waals surface area contributed by atoms with Crippen LogP contribution in [0.5, 0.6) is 0 Å². The molecule has 2 atom stereocenters. The van der Waals surface area contributed by atoms with Crippen molar-refractivity contribution in [2.75, 3.05) is 6.54 Å². The normalized spacial score (nSPS) is 26.3. The number of rotatable bonds is 6. The van der Waals surface area contributed by atoms with Crippen molar-refractivity contribution < 1.29 is 14.7 Å². The second-order valence-corrected chi connectivity index (χ2v) is 6.11.